The standard InChI is InChI=1S/C18H15FN6O3S/c1-10-14(4-11(5-20-10)18(27)28)23-16(26)13-7-22-25-9-15(29-17(13)25)12-6-21-24(8-12)3-2-19/h4-9H,2-3H2,1H3,(H,23,26)(H,27,28). The SMILES string of the molecule is Cc1ncc(C(=O)O)cc1NC(=O)c1cnn2cc(-c3cnn(CCF)c3)sc12. The first kappa shape index (κ1) is 18.7. The Kier molecular flexibility index (Phi) is 4.80. The van der Waals surface area contributed by atoms with Crippen LogP contribution in [-0.2, 0) is 6.54 Å². The first-order valence-electron chi connectivity index (χ1n) is 8.53. The van der Waals surface area contributed by atoms with Crippen molar-refractivity contribution in [2.45, 2.75) is 13.5 Å². The quantitative estimate of drug-likeness (QED) is 0.501. The lowest BCUT2D eigenvalue weighted by Crippen LogP contribution is -2.13. The van der Waals surface area contributed by atoms with E-state index in [4.69, 9.17) is 5.11 Å². The summed E-state index contributed by atoms with van der Waals surface area (Å²) in [6, 6.07) is 1.36. The molecule has 0 fully saturated rings. The zero-order valence-corrected chi connectivity index (χ0v) is 16.0. The average molecular weight is 414 g/mol. The number of pyridine rings is 1. The van der Waals surface area contributed by atoms with Crippen LogP contribution in [-0.4, -0.2) is 48.0 Å². The number of carboxylic acids is 1. The molecule has 2 N–H and O–H groups in total. The number of rotatable bonds is 6. The molecule has 0 aliphatic heterocycles. The van der Waals surface area contributed by atoms with Gasteiger partial charge >= 0.3 is 5.97 Å². The first-order valence-corrected chi connectivity index (χ1v) is 9.35. The van der Waals surface area contributed by atoms with E-state index in [0.717, 1.165) is 10.4 Å². The van der Waals surface area contributed by atoms with Crippen LogP contribution in [0, 0.1) is 6.92 Å². The predicted molar refractivity (Wildman–Crippen MR) is 104 cm³/mol. The molecule has 4 aromatic heterocycles. The lowest BCUT2D eigenvalue weighted by atomic mass is 10.2. The zero-order valence-electron chi connectivity index (χ0n) is 15.2. The number of hydrogen-bond donors (Lipinski definition) is 2. The summed E-state index contributed by atoms with van der Waals surface area (Å²) in [5.41, 5.74) is 1.94. The minimum atomic E-state index is -1.13. The third-order valence-electron chi connectivity index (χ3n) is 4.25. The second-order valence-electron chi connectivity index (χ2n) is 6.20. The van der Waals surface area contributed by atoms with Crippen molar-refractivity contribution in [1.82, 2.24) is 24.4 Å². The molecule has 29 heavy (non-hydrogen) atoms. The van der Waals surface area contributed by atoms with Gasteiger partial charge in [-0.3, -0.25) is 14.5 Å². The molecule has 0 unspecified atom stereocenters. The monoisotopic (exact) mass is 414 g/mol. The summed E-state index contributed by atoms with van der Waals surface area (Å²) < 4.78 is 15.6. The van der Waals surface area contributed by atoms with Crippen molar-refractivity contribution in [2.75, 3.05) is 12.0 Å². The van der Waals surface area contributed by atoms with Crippen LogP contribution in [0.15, 0.2) is 37.1 Å². The van der Waals surface area contributed by atoms with Crippen molar-refractivity contribution in [2.24, 2.45) is 0 Å². The maximum Gasteiger partial charge on any atom is 0.337 e. The second kappa shape index (κ2) is 7.43. The summed E-state index contributed by atoms with van der Waals surface area (Å²) in [6.45, 7) is 1.35. The molecule has 4 rings (SSSR count). The van der Waals surface area contributed by atoms with Crippen LogP contribution in [0.2, 0.25) is 0 Å². The van der Waals surface area contributed by atoms with Gasteiger partial charge in [0.15, 0.2) is 0 Å². The van der Waals surface area contributed by atoms with Gasteiger partial charge in [0.05, 0.1) is 46.3 Å². The molecule has 9 nitrogen and oxygen atoms in total. The summed E-state index contributed by atoms with van der Waals surface area (Å²) in [6.07, 6.45) is 7.82. The van der Waals surface area contributed by atoms with E-state index in [1.54, 1.807) is 30.0 Å². The number of nitrogens with one attached hydrogen (secondary N) is 1. The molecular formula is C18H15FN6O3S. The minimum Gasteiger partial charge on any atom is -0.478 e. The van der Waals surface area contributed by atoms with E-state index in [2.05, 4.69) is 20.5 Å². The summed E-state index contributed by atoms with van der Waals surface area (Å²) in [4.78, 5) is 29.4. The van der Waals surface area contributed by atoms with Crippen molar-refractivity contribution < 1.29 is 19.1 Å². The predicted octanol–water partition coefficient (Wildman–Crippen LogP) is 2.88. The van der Waals surface area contributed by atoms with Gasteiger partial charge < -0.3 is 10.4 Å². The normalized spacial score (nSPS) is 11.1. The van der Waals surface area contributed by atoms with Gasteiger partial charge in [0, 0.05) is 24.2 Å². The molecule has 0 bridgehead atoms. The summed E-state index contributed by atoms with van der Waals surface area (Å²) >= 11 is 1.35. The number of amides is 1. The fourth-order valence-corrected chi connectivity index (χ4v) is 3.77. The number of anilines is 1. The number of halogens is 1. The first-order chi connectivity index (χ1) is 14.0. The highest BCUT2D eigenvalue weighted by atomic mass is 32.1. The molecule has 4 heterocycles. The van der Waals surface area contributed by atoms with Crippen molar-refractivity contribution in [3.63, 3.8) is 0 Å². The van der Waals surface area contributed by atoms with Crippen LogP contribution < -0.4 is 5.32 Å². The van der Waals surface area contributed by atoms with Crippen LogP contribution >= 0.6 is 11.3 Å². The smallest absolute Gasteiger partial charge is 0.337 e. The number of aromatic nitrogens is 5. The summed E-state index contributed by atoms with van der Waals surface area (Å²) in [7, 11) is 0. The Hall–Kier alpha value is -3.60. The number of aryl methyl sites for hydroxylation is 2. The zero-order chi connectivity index (χ0) is 20.5. The van der Waals surface area contributed by atoms with E-state index in [0.29, 0.717) is 21.8 Å². The van der Waals surface area contributed by atoms with Gasteiger partial charge in [-0.25, -0.2) is 13.7 Å². The largest absolute Gasteiger partial charge is 0.478 e. The topological polar surface area (TPSA) is 114 Å². The molecule has 11 heteroatoms. The molecule has 0 saturated carbocycles. The summed E-state index contributed by atoms with van der Waals surface area (Å²) in [5, 5.41) is 20.1. The number of carbonyl (C=O) groups is 2. The van der Waals surface area contributed by atoms with E-state index in [1.807, 2.05) is 0 Å². The lowest BCUT2D eigenvalue weighted by Gasteiger charge is -2.07. The Morgan fingerprint density at radius 1 is 1.24 bits per heavy atom. The Bertz CT molecular complexity index is 1230. The second-order valence-corrected chi connectivity index (χ2v) is 7.23. The van der Waals surface area contributed by atoms with Gasteiger partial charge in [-0.2, -0.15) is 10.2 Å². The Labute approximate surface area is 167 Å². The highest BCUT2D eigenvalue weighted by molar-refractivity contribution is 7.21. The van der Waals surface area contributed by atoms with Crippen LogP contribution in [0.3, 0.4) is 0 Å². The fraction of sp³-hybridized carbons (Fsp3) is 0.167. The molecule has 0 saturated heterocycles. The van der Waals surface area contributed by atoms with Crippen molar-refractivity contribution in [1.29, 1.82) is 0 Å². The third kappa shape index (κ3) is 3.59. The van der Waals surface area contributed by atoms with E-state index < -0.39 is 18.6 Å². The van der Waals surface area contributed by atoms with E-state index >= 15 is 0 Å². The van der Waals surface area contributed by atoms with Gasteiger partial charge in [-0.1, -0.05) is 0 Å². The highest BCUT2D eigenvalue weighted by Gasteiger charge is 2.18. The molecule has 4 aromatic rings. The molecule has 148 valence electrons. The number of thiazole rings is 1. The Morgan fingerprint density at radius 3 is 2.83 bits per heavy atom. The molecular weight excluding hydrogens is 399 g/mol. The van der Waals surface area contributed by atoms with Gasteiger partial charge in [0.2, 0.25) is 0 Å². The van der Waals surface area contributed by atoms with E-state index in [9.17, 15) is 14.0 Å². The maximum atomic E-state index is 12.8. The number of alkyl halides is 1. The number of nitrogens with zero attached hydrogens (tertiary/aromatic N) is 5. The third-order valence-corrected chi connectivity index (χ3v) is 5.42. The lowest BCUT2D eigenvalue weighted by molar-refractivity contribution is 0.0696. The number of aromatic carboxylic acids is 1. The molecule has 0 atom stereocenters. The summed E-state index contributed by atoms with van der Waals surface area (Å²) in [5.74, 6) is -1.55. The van der Waals surface area contributed by atoms with Crippen LogP contribution in [0.4, 0.5) is 10.1 Å². The van der Waals surface area contributed by atoms with Crippen molar-refractivity contribution in [3.8, 4) is 10.4 Å². The number of fused-ring (bicyclic) bond motifs is 1. The van der Waals surface area contributed by atoms with E-state index in [1.165, 1.54) is 34.5 Å². The van der Waals surface area contributed by atoms with Crippen LogP contribution in [0.25, 0.3) is 15.3 Å². The molecule has 0 aliphatic carbocycles. The van der Waals surface area contributed by atoms with E-state index in [-0.39, 0.29) is 12.1 Å². The number of carboxylic acid groups (broad SMARTS) is 1. The fourth-order valence-electron chi connectivity index (χ4n) is 2.74. The maximum absolute atomic E-state index is 12.8. The van der Waals surface area contributed by atoms with Gasteiger partial charge in [-0.15, -0.1) is 11.3 Å². The number of hydrogen-bond acceptors (Lipinski definition) is 6. The molecule has 0 aliphatic rings. The van der Waals surface area contributed by atoms with Gasteiger partial charge in [0.1, 0.15) is 11.5 Å². The van der Waals surface area contributed by atoms with Crippen molar-refractivity contribution >= 4 is 33.7 Å². The van der Waals surface area contributed by atoms with Gasteiger partial charge in [-0.05, 0) is 13.0 Å². The Balaban J connectivity index is 1.62. The molecule has 0 spiro atoms. The molecule has 0 radical (unpaired) electrons. The van der Waals surface area contributed by atoms with Crippen molar-refractivity contribution in [3.05, 3.63) is 53.9 Å². The molecule has 0 aromatic carbocycles. The average Bonchev–Trinajstić information content (AvgIpc) is 3.38. The van der Waals surface area contributed by atoms with Crippen LogP contribution in [0.1, 0.15) is 26.4 Å². The van der Waals surface area contributed by atoms with Gasteiger partial charge in [0.25, 0.3) is 5.91 Å². The minimum absolute atomic E-state index is 0.0187. The highest BCUT2D eigenvalue weighted by Crippen LogP contribution is 2.30. The molecule has 1 amide bonds. The Morgan fingerprint density at radius 2 is 2.07 bits per heavy atom. The van der Waals surface area contributed by atoms with Crippen LogP contribution in [0.5, 0.6) is 0 Å². The number of carbonyl (C=O) groups excluding carboxylic acids is 1.